The van der Waals surface area contributed by atoms with Crippen molar-refractivity contribution < 1.29 is 28.4 Å². The van der Waals surface area contributed by atoms with Crippen LogP contribution >= 0.6 is 11.3 Å². The highest BCUT2D eigenvalue weighted by Crippen LogP contribution is 2.47. The van der Waals surface area contributed by atoms with E-state index >= 15 is 0 Å². The van der Waals surface area contributed by atoms with Gasteiger partial charge < -0.3 is 29.0 Å². The van der Waals surface area contributed by atoms with Gasteiger partial charge in [-0.3, -0.25) is 5.43 Å². The Kier molecular flexibility index (Phi) is 10.1. The van der Waals surface area contributed by atoms with Crippen LogP contribution in [-0.2, 0) is 0 Å². The number of anilines is 1. The largest absolute Gasteiger partial charge is 0.504 e. The molecule has 0 saturated carbocycles. The number of aromatic nitrogens is 2. The first-order valence-corrected chi connectivity index (χ1v) is 14.0. The van der Waals surface area contributed by atoms with Crippen LogP contribution in [-0.4, -0.2) is 73.3 Å². The van der Waals surface area contributed by atoms with Crippen molar-refractivity contribution in [2.24, 2.45) is 5.10 Å². The summed E-state index contributed by atoms with van der Waals surface area (Å²) in [6.45, 7) is 9.56. The van der Waals surface area contributed by atoms with Crippen LogP contribution in [0.15, 0.2) is 41.8 Å². The van der Waals surface area contributed by atoms with Gasteiger partial charge in [0.25, 0.3) is 0 Å². The molecular weight excluding hydrogens is 549 g/mol. The molecule has 4 aromatic rings. The topological polar surface area (TPSA) is 111 Å². The van der Waals surface area contributed by atoms with E-state index in [-0.39, 0.29) is 5.75 Å². The molecule has 0 unspecified atom stereocenters. The molecule has 0 amide bonds. The lowest BCUT2D eigenvalue weighted by Gasteiger charge is -2.20. The Hall–Kier alpha value is -4.16. The van der Waals surface area contributed by atoms with Crippen LogP contribution in [0.25, 0.3) is 20.7 Å². The van der Waals surface area contributed by atoms with Crippen molar-refractivity contribution in [3.05, 3.63) is 48.0 Å². The van der Waals surface area contributed by atoms with Crippen molar-refractivity contribution in [2.45, 2.75) is 20.8 Å². The number of hydrogen-bond acceptors (Lipinski definition) is 11. The van der Waals surface area contributed by atoms with Gasteiger partial charge in [-0.05, 0) is 44.3 Å². The van der Waals surface area contributed by atoms with Gasteiger partial charge in [0, 0.05) is 23.7 Å². The molecule has 2 heterocycles. The fraction of sp³-hybridized carbons (Fsp3) is 0.345. The molecule has 0 saturated heterocycles. The maximum absolute atomic E-state index is 13.9. The smallest absolute Gasteiger partial charge is 0.203 e. The number of nitrogens with one attached hydrogen (secondary N) is 1. The molecular formula is C29H34FN5O5S. The second-order valence-corrected chi connectivity index (χ2v) is 9.77. The van der Waals surface area contributed by atoms with Gasteiger partial charge in [0.1, 0.15) is 34.7 Å². The third-order valence-corrected chi connectivity index (χ3v) is 7.56. The highest BCUT2D eigenvalue weighted by molar-refractivity contribution is 7.23. The summed E-state index contributed by atoms with van der Waals surface area (Å²) in [5.41, 5.74) is 4.54. The Morgan fingerprint density at radius 1 is 1.02 bits per heavy atom. The Labute approximate surface area is 242 Å². The normalized spacial score (nSPS) is 11.4. The summed E-state index contributed by atoms with van der Waals surface area (Å²) in [6, 6.07) is 7.79. The molecule has 10 nitrogen and oxygen atoms in total. The minimum atomic E-state index is -0.429. The molecule has 0 aliphatic heterocycles. The molecule has 2 aromatic carbocycles. The highest BCUT2D eigenvalue weighted by Gasteiger charge is 2.21. The number of likely N-dealkylation sites (N-methyl/N-ethyl adjacent to an activating group) is 1. The number of fused-ring (bicyclic) bond motifs is 1. The molecule has 0 atom stereocenters. The maximum Gasteiger partial charge on any atom is 0.203 e. The van der Waals surface area contributed by atoms with E-state index in [1.54, 1.807) is 38.6 Å². The summed E-state index contributed by atoms with van der Waals surface area (Å²) < 4.78 is 37.2. The van der Waals surface area contributed by atoms with Crippen molar-refractivity contribution >= 4 is 33.6 Å². The third-order valence-electron chi connectivity index (χ3n) is 6.35. The SMILES string of the molecule is CCOc1cc(F)ccc1-c1sc2c(N/N=C/c3cc(OC)c(OCCN(CC)CC)c(OC)c3)ncnc2c1O. The molecule has 218 valence electrons. The number of rotatable bonds is 14. The lowest BCUT2D eigenvalue weighted by Crippen LogP contribution is -2.28. The van der Waals surface area contributed by atoms with Crippen LogP contribution in [0, 0.1) is 5.82 Å². The van der Waals surface area contributed by atoms with E-state index in [1.165, 1.54) is 29.8 Å². The number of halogens is 1. The number of aromatic hydroxyl groups is 1. The average Bonchev–Trinajstić information content (AvgIpc) is 3.32. The van der Waals surface area contributed by atoms with Gasteiger partial charge in [0.2, 0.25) is 5.75 Å². The van der Waals surface area contributed by atoms with Crippen molar-refractivity contribution in [3.8, 4) is 39.2 Å². The van der Waals surface area contributed by atoms with Gasteiger partial charge in [-0.15, -0.1) is 11.3 Å². The van der Waals surface area contributed by atoms with Crippen molar-refractivity contribution in [1.29, 1.82) is 0 Å². The maximum atomic E-state index is 13.9. The molecule has 0 aliphatic rings. The van der Waals surface area contributed by atoms with Crippen LogP contribution in [0.3, 0.4) is 0 Å². The number of nitrogens with zero attached hydrogens (tertiary/aromatic N) is 4. The summed E-state index contributed by atoms with van der Waals surface area (Å²) in [6.07, 6.45) is 2.93. The van der Waals surface area contributed by atoms with E-state index in [1.807, 2.05) is 6.92 Å². The fourth-order valence-electron chi connectivity index (χ4n) is 4.22. The van der Waals surface area contributed by atoms with E-state index in [0.717, 1.165) is 19.6 Å². The van der Waals surface area contributed by atoms with Gasteiger partial charge in [0.05, 0.1) is 31.9 Å². The minimum absolute atomic E-state index is 0.0435. The summed E-state index contributed by atoms with van der Waals surface area (Å²) >= 11 is 1.25. The van der Waals surface area contributed by atoms with Gasteiger partial charge in [-0.1, -0.05) is 13.8 Å². The zero-order valence-electron chi connectivity index (χ0n) is 23.7. The average molecular weight is 584 g/mol. The number of benzene rings is 2. The quantitative estimate of drug-likeness (QED) is 0.141. The molecule has 0 aliphatic carbocycles. The highest BCUT2D eigenvalue weighted by atomic mass is 32.1. The lowest BCUT2D eigenvalue weighted by molar-refractivity contribution is 0.211. The summed E-state index contributed by atoms with van der Waals surface area (Å²) in [4.78, 5) is 11.3. The number of hydrazone groups is 1. The molecule has 0 bridgehead atoms. The predicted octanol–water partition coefficient (Wildman–Crippen LogP) is 5.79. The van der Waals surface area contributed by atoms with Gasteiger partial charge in [-0.2, -0.15) is 5.10 Å². The Morgan fingerprint density at radius 3 is 2.41 bits per heavy atom. The van der Waals surface area contributed by atoms with Crippen LogP contribution in [0.5, 0.6) is 28.7 Å². The van der Waals surface area contributed by atoms with E-state index in [9.17, 15) is 9.50 Å². The first kappa shape index (κ1) is 29.8. The zero-order valence-corrected chi connectivity index (χ0v) is 24.5. The molecule has 41 heavy (non-hydrogen) atoms. The Morgan fingerprint density at radius 2 is 1.76 bits per heavy atom. The summed E-state index contributed by atoms with van der Waals surface area (Å²) in [7, 11) is 3.14. The van der Waals surface area contributed by atoms with Gasteiger partial charge in [0.15, 0.2) is 23.1 Å². The number of thiophene rings is 1. The molecule has 0 spiro atoms. The first-order chi connectivity index (χ1) is 19.9. The molecule has 0 radical (unpaired) electrons. The van der Waals surface area contributed by atoms with Crippen LogP contribution < -0.4 is 24.4 Å². The van der Waals surface area contributed by atoms with Crippen LogP contribution in [0.4, 0.5) is 10.2 Å². The van der Waals surface area contributed by atoms with E-state index in [4.69, 9.17) is 18.9 Å². The minimum Gasteiger partial charge on any atom is -0.504 e. The van der Waals surface area contributed by atoms with Gasteiger partial charge in [-0.25, -0.2) is 14.4 Å². The van der Waals surface area contributed by atoms with Gasteiger partial charge >= 0.3 is 0 Å². The predicted molar refractivity (Wildman–Crippen MR) is 160 cm³/mol. The number of methoxy groups -OCH3 is 2. The zero-order chi connectivity index (χ0) is 29.4. The molecule has 12 heteroatoms. The van der Waals surface area contributed by atoms with Crippen LogP contribution in [0.1, 0.15) is 26.3 Å². The first-order valence-electron chi connectivity index (χ1n) is 13.2. The second kappa shape index (κ2) is 14.0. The van der Waals surface area contributed by atoms with E-state index in [0.29, 0.717) is 68.3 Å². The van der Waals surface area contributed by atoms with Crippen molar-refractivity contribution in [3.63, 3.8) is 0 Å². The lowest BCUT2D eigenvalue weighted by atomic mass is 10.1. The Bertz CT molecular complexity index is 1480. The number of hydrogen-bond donors (Lipinski definition) is 2. The molecule has 0 fully saturated rings. The Balaban J connectivity index is 1.58. The van der Waals surface area contributed by atoms with E-state index in [2.05, 4.69) is 39.2 Å². The molecule has 4 rings (SSSR count). The monoisotopic (exact) mass is 583 g/mol. The summed E-state index contributed by atoms with van der Waals surface area (Å²) in [5, 5.41) is 15.3. The molecule has 2 N–H and O–H groups in total. The standard InChI is InChI=1S/C29H34FN5O5S/c1-6-35(7-2)11-12-40-26-22(37-4)13-18(14-23(26)38-5)16-33-34-29-28-24(31-17-32-29)25(36)27(41-28)20-10-9-19(30)15-21(20)39-8-3/h9-10,13-17,36H,6-8,11-12H2,1-5H3,(H,31,32,34)/b33-16+. The van der Waals surface area contributed by atoms with Crippen molar-refractivity contribution in [1.82, 2.24) is 14.9 Å². The third kappa shape index (κ3) is 6.77. The summed E-state index contributed by atoms with van der Waals surface area (Å²) in [5.74, 6) is 1.82. The second-order valence-electron chi connectivity index (χ2n) is 8.75. The fourth-order valence-corrected chi connectivity index (χ4v) is 5.34. The van der Waals surface area contributed by atoms with Crippen molar-refractivity contribution in [2.75, 3.05) is 52.5 Å². The van der Waals surface area contributed by atoms with Crippen LogP contribution in [0.2, 0.25) is 0 Å². The van der Waals surface area contributed by atoms with E-state index < -0.39 is 5.82 Å². The number of ether oxygens (including phenoxy) is 4. The molecule has 2 aromatic heterocycles.